The van der Waals surface area contributed by atoms with Crippen molar-refractivity contribution in [3.05, 3.63) is 30.6 Å². The van der Waals surface area contributed by atoms with Gasteiger partial charge in [0.2, 0.25) is 5.91 Å². The first kappa shape index (κ1) is 20.4. The van der Waals surface area contributed by atoms with Gasteiger partial charge in [0.1, 0.15) is 11.3 Å². The molecular formula is C22H30N6O2. The summed E-state index contributed by atoms with van der Waals surface area (Å²) in [4.78, 5) is 38.7. The van der Waals surface area contributed by atoms with Crippen LogP contribution in [0.1, 0.15) is 49.9 Å². The summed E-state index contributed by atoms with van der Waals surface area (Å²) < 4.78 is 0. The molecule has 8 heteroatoms. The molecule has 1 aliphatic heterocycles. The predicted octanol–water partition coefficient (Wildman–Crippen LogP) is 2.71. The van der Waals surface area contributed by atoms with E-state index >= 15 is 0 Å². The monoisotopic (exact) mass is 410 g/mol. The van der Waals surface area contributed by atoms with Crippen LogP contribution in [0.2, 0.25) is 0 Å². The molecule has 1 saturated heterocycles. The second-order valence-corrected chi connectivity index (χ2v) is 8.82. The van der Waals surface area contributed by atoms with Gasteiger partial charge in [-0.05, 0) is 43.6 Å². The lowest BCUT2D eigenvalue weighted by molar-refractivity contribution is -0.128. The SMILES string of the molecule is C=CC(=O)N1CCC(Nc2cnc3[nH]cc(C(=O)NC4CC4)c3n2)[C@H](CC(C)C)C1. The van der Waals surface area contributed by atoms with Crippen LogP contribution in [0.25, 0.3) is 11.2 Å². The number of carbonyl (C=O) groups is 2. The Morgan fingerprint density at radius 3 is 2.87 bits per heavy atom. The fraction of sp³-hybridized carbons (Fsp3) is 0.545. The van der Waals surface area contributed by atoms with Crippen molar-refractivity contribution in [3.8, 4) is 0 Å². The normalized spacial score (nSPS) is 21.6. The predicted molar refractivity (Wildman–Crippen MR) is 116 cm³/mol. The minimum absolute atomic E-state index is 0.0120. The maximum absolute atomic E-state index is 12.5. The fourth-order valence-corrected chi connectivity index (χ4v) is 4.21. The maximum Gasteiger partial charge on any atom is 0.255 e. The molecule has 0 bridgehead atoms. The Bertz CT molecular complexity index is 948. The molecule has 2 aliphatic rings. The van der Waals surface area contributed by atoms with Crippen molar-refractivity contribution in [2.24, 2.45) is 11.8 Å². The number of rotatable bonds is 7. The van der Waals surface area contributed by atoms with E-state index in [0.29, 0.717) is 47.5 Å². The quantitative estimate of drug-likeness (QED) is 0.609. The van der Waals surface area contributed by atoms with Gasteiger partial charge < -0.3 is 20.5 Å². The van der Waals surface area contributed by atoms with Crippen LogP contribution < -0.4 is 10.6 Å². The lowest BCUT2D eigenvalue weighted by atomic mass is 9.85. The number of aromatic amines is 1. The molecule has 8 nitrogen and oxygen atoms in total. The highest BCUT2D eigenvalue weighted by Crippen LogP contribution is 2.27. The van der Waals surface area contributed by atoms with Crippen LogP contribution >= 0.6 is 0 Å². The van der Waals surface area contributed by atoms with Crippen LogP contribution in [0.15, 0.2) is 25.0 Å². The van der Waals surface area contributed by atoms with Crippen LogP contribution in [-0.4, -0.2) is 56.8 Å². The van der Waals surface area contributed by atoms with Crippen LogP contribution in [0.3, 0.4) is 0 Å². The van der Waals surface area contributed by atoms with E-state index in [0.717, 1.165) is 25.7 Å². The Hall–Kier alpha value is -2.90. The first-order valence-electron chi connectivity index (χ1n) is 10.8. The number of likely N-dealkylation sites (tertiary alicyclic amines) is 1. The third kappa shape index (κ3) is 4.47. The Morgan fingerprint density at radius 1 is 1.37 bits per heavy atom. The van der Waals surface area contributed by atoms with Gasteiger partial charge in [-0.15, -0.1) is 0 Å². The summed E-state index contributed by atoms with van der Waals surface area (Å²) in [5.41, 5.74) is 1.71. The first-order valence-corrected chi connectivity index (χ1v) is 10.8. The van der Waals surface area contributed by atoms with Crippen molar-refractivity contribution < 1.29 is 9.59 Å². The van der Waals surface area contributed by atoms with Gasteiger partial charge in [-0.3, -0.25) is 9.59 Å². The van der Waals surface area contributed by atoms with Gasteiger partial charge in [-0.2, -0.15) is 0 Å². The topological polar surface area (TPSA) is 103 Å². The van der Waals surface area contributed by atoms with Gasteiger partial charge in [0.05, 0.1) is 11.8 Å². The van der Waals surface area contributed by atoms with Crippen LogP contribution in [-0.2, 0) is 4.79 Å². The Kier molecular flexibility index (Phi) is 5.74. The molecule has 30 heavy (non-hydrogen) atoms. The summed E-state index contributed by atoms with van der Waals surface area (Å²) in [6.45, 7) is 9.40. The van der Waals surface area contributed by atoms with Gasteiger partial charge in [0.15, 0.2) is 5.65 Å². The number of aromatic nitrogens is 3. The molecule has 1 unspecified atom stereocenters. The van der Waals surface area contributed by atoms with E-state index in [2.05, 4.69) is 41.0 Å². The molecule has 160 valence electrons. The number of amides is 2. The number of fused-ring (bicyclic) bond motifs is 1. The zero-order valence-electron chi connectivity index (χ0n) is 17.6. The van der Waals surface area contributed by atoms with Crippen molar-refractivity contribution in [1.82, 2.24) is 25.2 Å². The second-order valence-electron chi connectivity index (χ2n) is 8.82. The lowest BCUT2D eigenvalue weighted by Gasteiger charge is -2.39. The molecule has 3 heterocycles. The van der Waals surface area contributed by atoms with Crippen molar-refractivity contribution >= 4 is 28.8 Å². The zero-order valence-corrected chi connectivity index (χ0v) is 17.6. The van der Waals surface area contributed by atoms with E-state index in [-0.39, 0.29) is 23.9 Å². The van der Waals surface area contributed by atoms with Crippen LogP contribution in [0, 0.1) is 11.8 Å². The van der Waals surface area contributed by atoms with Gasteiger partial charge >= 0.3 is 0 Å². The lowest BCUT2D eigenvalue weighted by Crippen LogP contribution is -2.48. The van der Waals surface area contributed by atoms with E-state index in [1.807, 2.05) is 4.90 Å². The van der Waals surface area contributed by atoms with E-state index in [1.165, 1.54) is 6.08 Å². The zero-order chi connectivity index (χ0) is 21.3. The molecule has 2 atom stereocenters. The van der Waals surface area contributed by atoms with Crippen molar-refractivity contribution in [2.75, 3.05) is 18.4 Å². The molecule has 2 aromatic heterocycles. The average molecular weight is 411 g/mol. The minimum atomic E-state index is -0.107. The fourth-order valence-electron chi connectivity index (χ4n) is 4.21. The number of nitrogens with one attached hydrogen (secondary N) is 3. The summed E-state index contributed by atoms with van der Waals surface area (Å²) in [7, 11) is 0. The van der Waals surface area contributed by atoms with Gasteiger partial charge in [0, 0.05) is 31.4 Å². The first-order chi connectivity index (χ1) is 14.4. The molecule has 2 aromatic rings. The summed E-state index contributed by atoms with van der Waals surface area (Å²) in [5.74, 6) is 1.37. The van der Waals surface area contributed by atoms with Crippen LogP contribution in [0.4, 0.5) is 5.82 Å². The second kappa shape index (κ2) is 8.45. The molecule has 2 amide bonds. The molecule has 0 radical (unpaired) electrons. The Balaban J connectivity index is 1.52. The number of anilines is 1. The molecule has 0 spiro atoms. The third-order valence-corrected chi connectivity index (χ3v) is 5.87. The Labute approximate surface area is 176 Å². The van der Waals surface area contributed by atoms with Gasteiger partial charge in [0.25, 0.3) is 5.91 Å². The molecular weight excluding hydrogens is 380 g/mol. The number of H-pyrrole nitrogens is 1. The number of hydrogen-bond acceptors (Lipinski definition) is 5. The van der Waals surface area contributed by atoms with Gasteiger partial charge in [-0.25, -0.2) is 9.97 Å². The van der Waals surface area contributed by atoms with E-state index in [1.54, 1.807) is 12.4 Å². The average Bonchev–Trinajstić information content (AvgIpc) is 3.43. The van der Waals surface area contributed by atoms with E-state index in [4.69, 9.17) is 4.98 Å². The highest BCUT2D eigenvalue weighted by molar-refractivity contribution is 6.04. The largest absolute Gasteiger partial charge is 0.366 e. The summed E-state index contributed by atoms with van der Waals surface area (Å²) in [5, 5.41) is 6.54. The summed E-state index contributed by atoms with van der Waals surface area (Å²) >= 11 is 0. The Morgan fingerprint density at radius 2 is 2.17 bits per heavy atom. The summed E-state index contributed by atoms with van der Waals surface area (Å²) in [6, 6.07) is 0.479. The van der Waals surface area contributed by atoms with E-state index in [9.17, 15) is 9.59 Å². The molecule has 0 aromatic carbocycles. The molecule has 2 fully saturated rings. The highest BCUT2D eigenvalue weighted by atomic mass is 16.2. The third-order valence-electron chi connectivity index (χ3n) is 5.87. The molecule has 4 rings (SSSR count). The number of hydrogen-bond donors (Lipinski definition) is 3. The standard InChI is InChI=1S/C22H30N6O2/c1-4-19(29)28-8-7-17(14(12-28)9-13(2)3)26-18-11-24-21-20(27-18)16(10-23-21)22(30)25-15-5-6-15/h4,10-11,13-15,17H,1,5-9,12H2,2-3H3,(H,23,24)(H,25,30)(H,26,27)/t14-,17?/m1/s1. The van der Waals surface area contributed by atoms with Crippen molar-refractivity contribution in [2.45, 2.75) is 51.6 Å². The molecule has 3 N–H and O–H groups in total. The van der Waals surface area contributed by atoms with Crippen LogP contribution in [0.5, 0.6) is 0 Å². The smallest absolute Gasteiger partial charge is 0.255 e. The number of piperidine rings is 1. The van der Waals surface area contributed by atoms with Crippen molar-refractivity contribution in [3.63, 3.8) is 0 Å². The summed E-state index contributed by atoms with van der Waals surface area (Å²) in [6.07, 6.45) is 8.68. The minimum Gasteiger partial charge on any atom is -0.366 e. The molecule has 1 saturated carbocycles. The highest BCUT2D eigenvalue weighted by Gasteiger charge is 2.32. The van der Waals surface area contributed by atoms with Gasteiger partial charge in [-0.1, -0.05) is 20.4 Å². The number of nitrogens with zero attached hydrogens (tertiary/aromatic N) is 3. The van der Waals surface area contributed by atoms with Crippen molar-refractivity contribution in [1.29, 1.82) is 0 Å². The number of carbonyl (C=O) groups excluding carboxylic acids is 2. The maximum atomic E-state index is 12.5. The van der Waals surface area contributed by atoms with E-state index < -0.39 is 0 Å². The molecule has 1 aliphatic carbocycles.